The Morgan fingerprint density at radius 2 is 2.21 bits per heavy atom. The van der Waals surface area contributed by atoms with Crippen molar-refractivity contribution in [3.05, 3.63) is 5.01 Å². The van der Waals surface area contributed by atoms with E-state index in [1.54, 1.807) is 0 Å². The summed E-state index contributed by atoms with van der Waals surface area (Å²) in [6.07, 6.45) is 0. The van der Waals surface area contributed by atoms with Gasteiger partial charge in [-0.3, -0.25) is 4.79 Å². The smallest absolute Gasteiger partial charge is 0.239 e. The molecule has 5 nitrogen and oxygen atoms in total. The minimum atomic E-state index is -0.0344. The second-order valence-corrected chi connectivity index (χ2v) is 4.38. The van der Waals surface area contributed by atoms with Gasteiger partial charge in [-0.1, -0.05) is 11.3 Å². The van der Waals surface area contributed by atoms with Gasteiger partial charge >= 0.3 is 0 Å². The summed E-state index contributed by atoms with van der Waals surface area (Å²) >= 11 is 1.44. The standard InChI is InChI=1S/C8H14N4OS/c1-5(2)10-7(13)4-9-8-12-11-6(3)14-8/h5H,4H2,1-3H3,(H,9,12)(H,10,13). The zero-order valence-corrected chi connectivity index (χ0v) is 9.31. The van der Waals surface area contributed by atoms with E-state index >= 15 is 0 Å². The second-order valence-electron chi connectivity index (χ2n) is 3.20. The highest BCUT2D eigenvalue weighted by Crippen LogP contribution is 2.12. The highest BCUT2D eigenvalue weighted by molar-refractivity contribution is 7.15. The first-order valence-corrected chi connectivity index (χ1v) is 5.23. The molecule has 0 saturated carbocycles. The van der Waals surface area contributed by atoms with E-state index in [2.05, 4.69) is 20.8 Å². The monoisotopic (exact) mass is 214 g/mol. The Bertz CT molecular complexity index is 310. The van der Waals surface area contributed by atoms with Gasteiger partial charge in [0.15, 0.2) is 0 Å². The van der Waals surface area contributed by atoms with E-state index in [1.807, 2.05) is 20.8 Å². The molecule has 1 heterocycles. The lowest BCUT2D eigenvalue weighted by atomic mass is 10.4. The molecule has 0 aliphatic rings. The summed E-state index contributed by atoms with van der Waals surface area (Å²) in [6.45, 7) is 5.96. The maximum Gasteiger partial charge on any atom is 0.239 e. The fourth-order valence-electron chi connectivity index (χ4n) is 0.897. The number of amides is 1. The molecule has 0 radical (unpaired) electrons. The van der Waals surface area contributed by atoms with E-state index < -0.39 is 0 Å². The van der Waals surface area contributed by atoms with Crippen molar-refractivity contribution in [1.29, 1.82) is 0 Å². The molecule has 0 aromatic carbocycles. The van der Waals surface area contributed by atoms with Crippen LogP contribution in [0.1, 0.15) is 18.9 Å². The largest absolute Gasteiger partial charge is 0.352 e. The van der Waals surface area contributed by atoms with Gasteiger partial charge < -0.3 is 10.6 Å². The number of carbonyl (C=O) groups excluding carboxylic acids is 1. The number of nitrogens with one attached hydrogen (secondary N) is 2. The van der Waals surface area contributed by atoms with Crippen LogP contribution < -0.4 is 10.6 Å². The second kappa shape index (κ2) is 4.90. The van der Waals surface area contributed by atoms with Crippen LogP contribution in [-0.4, -0.2) is 28.7 Å². The highest BCUT2D eigenvalue weighted by atomic mass is 32.1. The number of rotatable bonds is 4. The molecule has 14 heavy (non-hydrogen) atoms. The Balaban J connectivity index is 2.30. The molecular formula is C8H14N4OS. The molecular weight excluding hydrogens is 200 g/mol. The van der Waals surface area contributed by atoms with Crippen LogP contribution in [0.3, 0.4) is 0 Å². The molecule has 0 bridgehead atoms. The quantitative estimate of drug-likeness (QED) is 0.777. The van der Waals surface area contributed by atoms with E-state index in [9.17, 15) is 4.79 Å². The van der Waals surface area contributed by atoms with Gasteiger partial charge in [0.1, 0.15) is 5.01 Å². The van der Waals surface area contributed by atoms with Crippen molar-refractivity contribution in [1.82, 2.24) is 15.5 Å². The van der Waals surface area contributed by atoms with Crippen molar-refractivity contribution in [2.24, 2.45) is 0 Å². The van der Waals surface area contributed by atoms with Gasteiger partial charge in [0, 0.05) is 6.04 Å². The van der Waals surface area contributed by atoms with Crippen LogP contribution in [0.15, 0.2) is 0 Å². The number of nitrogens with zero attached hydrogens (tertiary/aromatic N) is 2. The lowest BCUT2D eigenvalue weighted by Gasteiger charge is -2.07. The van der Waals surface area contributed by atoms with Crippen molar-refractivity contribution < 1.29 is 4.79 Å². The first kappa shape index (κ1) is 10.9. The molecule has 6 heteroatoms. The Kier molecular flexibility index (Phi) is 3.82. The third kappa shape index (κ3) is 3.69. The molecule has 0 saturated heterocycles. The topological polar surface area (TPSA) is 66.9 Å². The predicted molar refractivity (Wildman–Crippen MR) is 56.4 cm³/mol. The lowest BCUT2D eigenvalue weighted by molar-refractivity contribution is -0.119. The zero-order chi connectivity index (χ0) is 10.6. The molecule has 0 atom stereocenters. The van der Waals surface area contributed by atoms with Crippen LogP contribution in [0.4, 0.5) is 5.13 Å². The normalized spacial score (nSPS) is 10.3. The summed E-state index contributed by atoms with van der Waals surface area (Å²) in [5.74, 6) is -0.0344. The fourth-order valence-corrected chi connectivity index (χ4v) is 1.48. The van der Waals surface area contributed by atoms with Crippen molar-refractivity contribution in [2.75, 3.05) is 11.9 Å². The molecule has 0 fully saturated rings. The molecule has 78 valence electrons. The summed E-state index contributed by atoms with van der Waals surface area (Å²) < 4.78 is 0. The van der Waals surface area contributed by atoms with Gasteiger partial charge in [-0.25, -0.2) is 0 Å². The van der Waals surface area contributed by atoms with Crippen LogP contribution >= 0.6 is 11.3 Å². The molecule has 0 aliphatic carbocycles. The van der Waals surface area contributed by atoms with Gasteiger partial charge in [0.25, 0.3) is 0 Å². The van der Waals surface area contributed by atoms with Gasteiger partial charge in [0.05, 0.1) is 6.54 Å². The SMILES string of the molecule is Cc1nnc(NCC(=O)NC(C)C)s1. The minimum absolute atomic E-state index is 0.0344. The molecule has 1 aromatic rings. The van der Waals surface area contributed by atoms with Gasteiger partial charge in [-0.15, -0.1) is 10.2 Å². The Morgan fingerprint density at radius 3 is 2.71 bits per heavy atom. The maximum atomic E-state index is 11.2. The number of aromatic nitrogens is 2. The number of anilines is 1. The predicted octanol–water partition coefficient (Wildman–Crippen LogP) is 0.783. The van der Waals surface area contributed by atoms with Crippen LogP contribution in [0.5, 0.6) is 0 Å². The summed E-state index contributed by atoms with van der Waals surface area (Å²) in [4.78, 5) is 11.2. The lowest BCUT2D eigenvalue weighted by Crippen LogP contribution is -2.34. The first-order valence-electron chi connectivity index (χ1n) is 4.41. The number of aryl methyl sites for hydroxylation is 1. The summed E-state index contributed by atoms with van der Waals surface area (Å²) in [5, 5.41) is 14.9. The van der Waals surface area contributed by atoms with E-state index in [0.29, 0.717) is 5.13 Å². The summed E-state index contributed by atoms with van der Waals surface area (Å²) in [6, 6.07) is 0.167. The fraction of sp³-hybridized carbons (Fsp3) is 0.625. The molecule has 1 rings (SSSR count). The van der Waals surface area contributed by atoms with Crippen LogP contribution in [-0.2, 0) is 4.79 Å². The zero-order valence-electron chi connectivity index (χ0n) is 8.50. The number of hydrogen-bond acceptors (Lipinski definition) is 5. The van der Waals surface area contributed by atoms with E-state index in [-0.39, 0.29) is 18.5 Å². The van der Waals surface area contributed by atoms with Crippen LogP contribution in [0.2, 0.25) is 0 Å². The molecule has 1 amide bonds. The molecule has 0 spiro atoms. The molecule has 1 aromatic heterocycles. The van der Waals surface area contributed by atoms with Crippen LogP contribution in [0.25, 0.3) is 0 Å². The van der Waals surface area contributed by atoms with E-state index in [0.717, 1.165) is 5.01 Å². The minimum Gasteiger partial charge on any atom is -0.352 e. The first-order chi connectivity index (χ1) is 6.58. The molecule has 2 N–H and O–H groups in total. The van der Waals surface area contributed by atoms with Gasteiger partial charge in [-0.05, 0) is 20.8 Å². The number of carbonyl (C=O) groups is 1. The molecule has 0 aliphatic heterocycles. The van der Waals surface area contributed by atoms with Crippen LogP contribution in [0, 0.1) is 6.92 Å². The summed E-state index contributed by atoms with van der Waals surface area (Å²) in [5.41, 5.74) is 0. The Morgan fingerprint density at radius 1 is 1.50 bits per heavy atom. The average Bonchev–Trinajstić information content (AvgIpc) is 2.47. The van der Waals surface area contributed by atoms with E-state index in [1.165, 1.54) is 11.3 Å². The van der Waals surface area contributed by atoms with Crippen molar-refractivity contribution in [3.8, 4) is 0 Å². The van der Waals surface area contributed by atoms with Gasteiger partial charge in [-0.2, -0.15) is 0 Å². The Labute approximate surface area is 86.9 Å². The van der Waals surface area contributed by atoms with Crippen molar-refractivity contribution >= 4 is 22.4 Å². The maximum absolute atomic E-state index is 11.2. The van der Waals surface area contributed by atoms with Crippen molar-refractivity contribution in [3.63, 3.8) is 0 Å². The number of hydrogen-bond donors (Lipinski definition) is 2. The Hall–Kier alpha value is -1.17. The molecule has 0 unspecified atom stereocenters. The third-order valence-corrected chi connectivity index (χ3v) is 2.17. The third-order valence-electron chi connectivity index (χ3n) is 1.38. The average molecular weight is 214 g/mol. The van der Waals surface area contributed by atoms with Gasteiger partial charge in [0.2, 0.25) is 11.0 Å². The van der Waals surface area contributed by atoms with E-state index in [4.69, 9.17) is 0 Å². The van der Waals surface area contributed by atoms with Crippen molar-refractivity contribution in [2.45, 2.75) is 26.8 Å². The summed E-state index contributed by atoms with van der Waals surface area (Å²) in [7, 11) is 0. The highest BCUT2D eigenvalue weighted by Gasteiger charge is 2.04.